The summed E-state index contributed by atoms with van der Waals surface area (Å²) in [7, 11) is 3.20. The van der Waals surface area contributed by atoms with Crippen LogP contribution in [0.5, 0.6) is 0 Å². The summed E-state index contributed by atoms with van der Waals surface area (Å²) in [6, 6.07) is 0. The van der Waals surface area contributed by atoms with Crippen molar-refractivity contribution >= 4 is 6.16 Å². The van der Waals surface area contributed by atoms with Crippen LogP contribution in [0.3, 0.4) is 0 Å². The molecule has 6 nitrogen and oxygen atoms in total. The van der Waals surface area contributed by atoms with Gasteiger partial charge in [-0.25, -0.2) is 4.79 Å². The van der Waals surface area contributed by atoms with Crippen molar-refractivity contribution in [3.05, 3.63) is 0 Å². The zero-order valence-corrected chi connectivity index (χ0v) is 11.5. The summed E-state index contributed by atoms with van der Waals surface area (Å²) in [5.74, 6) is 0. The molecule has 0 aliphatic carbocycles. The standard InChI is InChI=1S/C12H24O6/c1-4-11(15-3)10-16-6-5-7-17-12(13)18-9-8-14-2/h11H,4-10H2,1-3H3. The third-order valence-electron chi connectivity index (χ3n) is 2.25. The lowest BCUT2D eigenvalue weighted by Crippen LogP contribution is -2.18. The average Bonchev–Trinajstić information content (AvgIpc) is 2.38. The summed E-state index contributed by atoms with van der Waals surface area (Å²) in [5.41, 5.74) is 0. The summed E-state index contributed by atoms with van der Waals surface area (Å²) in [6.07, 6.45) is 1.01. The highest BCUT2D eigenvalue weighted by Gasteiger charge is 2.05. The Kier molecular flexibility index (Phi) is 12.0. The van der Waals surface area contributed by atoms with Gasteiger partial charge in [0.25, 0.3) is 0 Å². The normalized spacial score (nSPS) is 12.2. The smallest absolute Gasteiger partial charge is 0.434 e. The summed E-state index contributed by atoms with van der Waals surface area (Å²) in [4.78, 5) is 11.0. The minimum absolute atomic E-state index is 0.130. The van der Waals surface area contributed by atoms with Crippen molar-refractivity contribution in [2.45, 2.75) is 25.9 Å². The Bertz CT molecular complexity index is 193. The number of carbonyl (C=O) groups excluding carboxylic acids is 1. The van der Waals surface area contributed by atoms with Crippen molar-refractivity contribution in [1.29, 1.82) is 0 Å². The van der Waals surface area contributed by atoms with Crippen LogP contribution < -0.4 is 0 Å². The number of ether oxygens (including phenoxy) is 5. The van der Waals surface area contributed by atoms with Gasteiger partial charge in [0.2, 0.25) is 0 Å². The first kappa shape index (κ1) is 17.2. The molecule has 6 heteroatoms. The first-order chi connectivity index (χ1) is 8.74. The van der Waals surface area contributed by atoms with E-state index in [4.69, 9.17) is 23.7 Å². The Hall–Kier alpha value is -0.850. The maximum Gasteiger partial charge on any atom is 0.508 e. The fraction of sp³-hybridized carbons (Fsp3) is 0.917. The molecule has 0 spiro atoms. The van der Waals surface area contributed by atoms with Crippen molar-refractivity contribution < 1.29 is 28.5 Å². The van der Waals surface area contributed by atoms with Gasteiger partial charge in [-0.2, -0.15) is 0 Å². The number of rotatable bonds is 11. The van der Waals surface area contributed by atoms with Gasteiger partial charge in [-0.05, 0) is 6.42 Å². The topological polar surface area (TPSA) is 63.2 Å². The lowest BCUT2D eigenvalue weighted by Gasteiger charge is -2.13. The zero-order valence-electron chi connectivity index (χ0n) is 11.5. The van der Waals surface area contributed by atoms with Crippen LogP contribution in [-0.4, -0.2) is 59.5 Å². The Morgan fingerprint density at radius 1 is 1.06 bits per heavy atom. The van der Waals surface area contributed by atoms with E-state index in [-0.39, 0.29) is 19.3 Å². The average molecular weight is 264 g/mol. The fourth-order valence-corrected chi connectivity index (χ4v) is 1.13. The van der Waals surface area contributed by atoms with Crippen LogP contribution in [0.4, 0.5) is 4.79 Å². The molecule has 0 aliphatic rings. The third-order valence-corrected chi connectivity index (χ3v) is 2.25. The molecule has 0 fully saturated rings. The highest BCUT2D eigenvalue weighted by atomic mass is 16.7. The zero-order chi connectivity index (χ0) is 13.6. The highest BCUT2D eigenvalue weighted by molar-refractivity contribution is 5.59. The van der Waals surface area contributed by atoms with Gasteiger partial charge in [-0.3, -0.25) is 0 Å². The van der Waals surface area contributed by atoms with Gasteiger partial charge >= 0.3 is 6.16 Å². The second-order valence-electron chi connectivity index (χ2n) is 3.63. The molecule has 1 unspecified atom stereocenters. The predicted octanol–water partition coefficient (Wildman–Crippen LogP) is 1.62. The molecule has 0 aromatic heterocycles. The molecule has 0 saturated heterocycles. The number of hydrogen-bond acceptors (Lipinski definition) is 6. The summed E-state index contributed by atoms with van der Waals surface area (Å²) in [6.45, 7) is 3.99. The maximum absolute atomic E-state index is 11.0. The molecule has 0 radical (unpaired) electrons. The van der Waals surface area contributed by atoms with Gasteiger partial charge in [0.15, 0.2) is 0 Å². The molecule has 0 heterocycles. The maximum atomic E-state index is 11.0. The quantitative estimate of drug-likeness (QED) is 0.417. The van der Waals surface area contributed by atoms with E-state index in [0.29, 0.717) is 26.2 Å². The van der Waals surface area contributed by atoms with Crippen LogP contribution in [0, 0.1) is 0 Å². The van der Waals surface area contributed by atoms with Gasteiger partial charge < -0.3 is 23.7 Å². The van der Waals surface area contributed by atoms with Crippen LogP contribution >= 0.6 is 0 Å². The van der Waals surface area contributed by atoms with Gasteiger partial charge in [0.1, 0.15) is 6.61 Å². The lowest BCUT2D eigenvalue weighted by atomic mass is 10.3. The Balaban J connectivity index is 3.26. The second-order valence-corrected chi connectivity index (χ2v) is 3.63. The van der Waals surface area contributed by atoms with E-state index in [1.54, 1.807) is 7.11 Å². The van der Waals surface area contributed by atoms with Crippen molar-refractivity contribution in [2.75, 3.05) is 47.3 Å². The molecule has 0 rings (SSSR count). The van der Waals surface area contributed by atoms with Crippen LogP contribution in [0.1, 0.15) is 19.8 Å². The van der Waals surface area contributed by atoms with Crippen molar-refractivity contribution in [3.63, 3.8) is 0 Å². The monoisotopic (exact) mass is 264 g/mol. The minimum atomic E-state index is -0.671. The number of methoxy groups -OCH3 is 2. The summed E-state index contributed by atoms with van der Waals surface area (Å²) < 4.78 is 24.8. The SMILES string of the molecule is CCC(COCCCOC(=O)OCCOC)OC. The second kappa shape index (κ2) is 12.6. The van der Waals surface area contributed by atoms with Gasteiger partial charge in [-0.15, -0.1) is 0 Å². The largest absolute Gasteiger partial charge is 0.508 e. The molecule has 0 aromatic carbocycles. The lowest BCUT2D eigenvalue weighted by molar-refractivity contribution is -0.00198. The van der Waals surface area contributed by atoms with Crippen LogP contribution in [-0.2, 0) is 23.7 Å². The molecule has 0 saturated carbocycles. The van der Waals surface area contributed by atoms with Crippen molar-refractivity contribution in [1.82, 2.24) is 0 Å². The van der Waals surface area contributed by atoms with E-state index in [9.17, 15) is 4.79 Å². The Morgan fingerprint density at radius 2 is 1.78 bits per heavy atom. The first-order valence-electron chi connectivity index (χ1n) is 6.13. The molecule has 0 aliphatic heterocycles. The Labute approximate surface area is 108 Å². The highest BCUT2D eigenvalue weighted by Crippen LogP contribution is 1.97. The summed E-state index contributed by atoms with van der Waals surface area (Å²) in [5, 5.41) is 0. The molecular formula is C12H24O6. The molecule has 0 bridgehead atoms. The predicted molar refractivity (Wildman–Crippen MR) is 65.7 cm³/mol. The van der Waals surface area contributed by atoms with E-state index in [2.05, 4.69) is 0 Å². The number of carbonyl (C=O) groups is 1. The molecule has 108 valence electrons. The molecular weight excluding hydrogens is 240 g/mol. The summed E-state index contributed by atoms with van der Waals surface area (Å²) >= 11 is 0. The molecule has 0 N–H and O–H groups in total. The molecule has 1 atom stereocenters. The first-order valence-corrected chi connectivity index (χ1v) is 6.13. The van der Waals surface area contributed by atoms with E-state index in [1.807, 2.05) is 6.92 Å². The van der Waals surface area contributed by atoms with Crippen molar-refractivity contribution in [2.24, 2.45) is 0 Å². The van der Waals surface area contributed by atoms with Gasteiger partial charge in [0.05, 0.1) is 25.9 Å². The van der Waals surface area contributed by atoms with E-state index in [0.717, 1.165) is 6.42 Å². The molecule has 0 amide bonds. The molecule has 0 aromatic rings. The number of hydrogen-bond donors (Lipinski definition) is 0. The fourth-order valence-electron chi connectivity index (χ4n) is 1.13. The Morgan fingerprint density at radius 3 is 2.39 bits per heavy atom. The van der Waals surface area contributed by atoms with Crippen LogP contribution in [0.2, 0.25) is 0 Å². The van der Waals surface area contributed by atoms with E-state index in [1.165, 1.54) is 7.11 Å². The molecule has 18 heavy (non-hydrogen) atoms. The third kappa shape index (κ3) is 10.3. The van der Waals surface area contributed by atoms with Crippen LogP contribution in [0.15, 0.2) is 0 Å². The van der Waals surface area contributed by atoms with E-state index >= 15 is 0 Å². The van der Waals surface area contributed by atoms with E-state index < -0.39 is 6.16 Å². The van der Waals surface area contributed by atoms with Gasteiger partial charge in [0, 0.05) is 27.2 Å². The van der Waals surface area contributed by atoms with Gasteiger partial charge in [-0.1, -0.05) is 6.92 Å². The minimum Gasteiger partial charge on any atom is -0.434 e. The van der Waals surface area contributed by atoms with Crippen molar-refractivity contribution in [3.8, 4) is 0 Å². The van der Waals surface area contributed by atoms with Crippen LogP contribution in [0.25, 0.3) is 0 Å².